The van der Waals surface area contributed by atoms with Crippen molar-refractivity contribution >= 4 is 39.5 Å². The van der Waals surface area contributed by atoms with E-state index in [1.54, 1.807) is 0 Å². The highest BCUT2D eigenvalue weighted by molar-refractivity contribution is 7.47. The van der Waals surface area contributed by atoms with E-state index in [2.05, 4.69) is 55.4 Å². The van der Waals surface area contributed by atoms with Gasteiger partial charge in [0.15, 0.2) is 12.2 Å². The fraction of sp³-hybridized carbons (Fsp3) is 0.948. The number of aliphatic hydroxyl groups excluding tert-OH is 1. The summed E-state index contributed by atoms with van der Waals surface area (Å²) in [7, 11) is -9.91. The fourth-order valence-electron chi connectivity index (χ4n) is 11.7. The van der Waals surface area contributed by atoms with Crippen molar-refractivity contribution in [3.63, 3.8) is 0 Å². The van der Waals surface area contributed by atoms with Crippen molar-refractivity contribution in [2.24, 2.45) is 23.7 Å². The molecule has 0 amide bonds. The van der Waals surface area contributed by atoms with Crippen LogP contribution in [0.4, 0.5) is 0 Å². The van der Waals surface area contributed by atoms with Gasteiger partial charge in [-0.1, -0.05) is 338 Å². The number of ether oxygens (including phenoxy) is 4. The molecule has 96 heavy (non-hydrogen) atoms. The lowest BCUT2D eigenvalue weighted by Crippen LogP contribution is -2.30. The molecule has 5 atom stereocenters. The van der Waals surface area contributed by atoms with Gasteiger partial charge in [-0.05, 0) is 49.4 Å². The van der Waals surface area contributed by atoms with Crippen LogP contribution in [0.3, 0.4) is 0 Å². The molecule has 0 aromatic rings. The number of rotatable bonds is 74. The Morgan fingerprint density at radius 2 is 0.438 bits per heavy atom. The Hall–Kier alpha value is -1.94. The number of hydrogen-bond acceptors (Lipinski definition) is 15. The molecule has 0 spiro atoms. The molecule has 0 fully saturated rings. The second-order valence-electron chi connectivity index (χ2n) is 29.7. The predicted octanol–water partition coefficient (Wildman–Crippen LogP) is 22.4. The maximum atomic E-state index is 13.1. The van der Waals surface area contributed by atoms with E-state index in [1.807, 2.05) is 0 Å². The first kappa shape index (κ1) is 94.1. The van der Waals surface area contributed by atoms with Crippen LogP contribution < -0.4 is 0 Å². The van der Waals surface area contributed by atoms with E-state index < -0.39 is 97.5 Å². The number of phosphoric acid groups is 2. The first-order valence-electron chi connectivity index (χ1n) is 39.7. The second kappa shape index (κ2) is 66.3. The highest BCUT2D eigenvalue weighted by Crippen LogP contribution is 2.45. The van der Waals surface area contributed by atoms with Crippen LogP contribution in [0.25, 0.3) is 0 Å². The summed E-state index contributed by atoms with van der Waals surface area (Å²) in [6.45, 7) is 14.2. The van der Waals surface area contributed by atoms with Crippen molar-refractivity contribution in [1.29, 1.82) is 0 Å². The van der Waals surface area contributed by atoms with Crippen molar-refractivity contribution in [2.75, 3.05) is 39.6 Å². The molecule has 17 nitrogen and oxygen atoms in total. The summed E-state index contributed by atoms with van der Waals surface area (Å²) in [4.78, 5) is 72.8. The van der Waals surface area contributed by atoms with Gasteiger partial charge in [0.2, 0.25) is 0 Å². The van der Waals surface area contributed by atoms with Crippen LogP contribution in [-0.4, -0.2) is 96.7 Å². The van der Waals surface area contributed by atoms with Gasteiger partial charge in [0.25, 0.3) is 0 Å². The minimum absolute atomic E-state index is 0.105. The fourth-order valence-corrected chi connectivity index (χ4v) is 13.3. The number of carbonyl (C=O) groups is 4. The normalized spacial score (nSPS) is 14.1. The van der Waals surface area contributed by atoms with E-state index >= 15 is 0 Å². The van der Waals surface area contributed by atoms with Crippen molar-refractivity contribution in [3.05, 3.63) is 0 Å². The molecular formula is C77H150O17P2. The van der Waals surface area contributed by atoms with Gasteiger partial charge in [0.1, 0.15) is 19.3 Å². The monoisotopic (exact) mass is 1410 g/mol. The molecule has 0 aliphatic carbocycles. The topological polar surface area (TPSA) is 237 Å². The molecule has 0 aliphatic heterocycles. The van der Waals surface area contributed by atoms with Gasteiger partial charge in [-0.15, -0.1) is 0 Å². The maximum Gasteiger partial charge on any atom is 0.472 e. The van der Waals surface area contributed by atoms with Crippen LogP contribution in [0.1, 0.15) is 389 Å². The second-order valence-corrected chi connectivity index (χ2v) is 32.6. The van der Waals surface area contributed by atoms with E-state index in [-0.39, 0.29) is 25.7 Å². The molecule has 0 aromatic carbocycles. The standard InChI is InChI=1S/C77H150O17P2/c1-67(2)53-45-37-29-22-17-13-10-9-11-15-19-25-33-41-49-57-74(79)87-63-72(94-77(82)60-52-44-35-27-21-24-31-39-47-55-69(5)6)65-91-95(83,84)89-61-71(78)62-90-96(85,86)92-66-73(64-88-75(80)58-50-42-36-28-32-40-48-56-70(7)8)93-76(81)59-51-43-34-26-20-16-12-14-18-23-30-38-46-54-68(3)4/h67-73,78H,9-66H2,1-8H3,(H,83,84)(H,85,86)/t71?,72-,73-/m1/s1. The summed E-state index contributed by atoms with van der Waals surface area (Å²) >= 11 is 0. The van der Waals surface area contributed by atoms with Gasteiger partial charge in [0, 0.05) is 25.7 Å². The molecular weight excluding hydrogens is 1260 g/mol. The third kappa shape index (κ3) is 70.5. The summed E-state index contributed by atoms with van der Waals surface area (Å²) in [5.41, 5.74) is 0. The highest BCUT2D eigenvalue weighted by Gasteiger charge is 2.30. The molecule has 0 radical (unpaired) electrons. The zero-order valence-electron chi connectivity index (χ0n) is 63.0. The van der Waals surface area contributed by atoms with Gasteiger partial charge < -0.3 is 33.8 Å². The molecule has 0 saturated carbocycles. The lowest BCUT2D eigenvalue weighted by atomic mass is 10.0. The molecule has 0 aliphatic rings. The number of esters is 4. The van der Waals surface area contributed by atoms with Crippen molar-refractivity contribution in [1.82, 2.24) is 0 Å². The summed E-state index contributed by atoms with van der Waals surface area (Å²) in [5.74, 6) is 0.914. The zero-order chi connectivity index (χ0) is 71.0. The zero-order valence-corrected chi connectivity index (χ0v) is 64.8. The number of phosphoric ester groups is 2. The Morgan fingerprint density at radius 1 is 0.260 bits per heavy atom. The van der Waals surface area contributed by atoms with E-state index in [1.165, 1.54) is 186 Å². The van der Waals surface area contributed by atoms with Crippen LogP contribution >= 0.6 is 15.6 Å². The SMILES string of the molecule is CC(C)CCCCCCCCCCCCCCCCCC(=O)OC[C@H](COP(=O)(O)OCC(O)COP(=O)(O)OC[C@@H](COC(=O)CCCCCCCCCC(C)C)OC(=O)CCCCCCCCCCCCCCCC(C)C)OC(=O)CCCCCCCCCCCC(C)C. The van der Waals surface area contributed by atoms with Crippen molar-refractivity contribution < 1.29 is 80.2 Å². The Labute approximate surface area is 588 Å². The summed E-state index contributed by atoms with van der Waals surface area (Å²) < 4.78 is 68.5. The number of aliphatic hydroxyl groups is 1. The number of carbonyl (C=O) groups excluding carboxylic acids is 4. The largest absolute Gasteiger partial charge is 0.472 e. The summed E-state index contributed by atoms with van der Waals surface area (Å²) in [6.07, 6.45) is 51.4. The Balaban J connectivity index is 5.22. The Bertz CT molecular complexity index is 1880. The third-order valence-corrected chi connectivity index (χ3v) is 19.7. The van der Waals surface area contributed by atoms with E-state index in [0.717, 1.165) is 114 Å². The molecule has 0 bridgehead atoms. The highest BCUT2D eigenvalue weighted by atomic mass is 31.2. The third-order valence-electron chi connectivity index (χ3n) is 17.8. The number of unbranched alkanes of at least 4 members (excludes halogenated alkanes) is 40. The average Bonchev–Trinajstić information content (AvgIpc) is 1.33. The van der Waals surface area contributed by atoms with Gasteiger partial charge in [-0.3, -0.25) is 37.3 Å². The van der Waals surface area contributed by atoms with Crippen molar-refractivity contribution in [3.8, 4) is 0 Å². The lowest BCUT2D eigenvalue weighted by molar-refractivity contribution is -0.161. The van der Waals surface area contributed by atoms with Gasteiger partial charge in [0.05, 0.1) is 26.4 Å². The smallest absolute Gasteiger partial charge is 0.462 e. The average molecular weight is 1410 g/mol. The lowest BCUT2D eigenvalue weighted by Gasteiger charge is -2.21. The molecule has 19 heteroatoms. The molecule has 570 valence electrons. The first-order chi connectivity index (χ1) is 46.1. The van der Waals surface area contributed by atoms with Crippen LogP contribution in [0.15, 0.2) is 0 Å². The minimum atomic E-state index is -4.96. The molecule has 0 saturated heterocycles. The van der Waals surface area contributed by atoms with E-state index in [9.17, 15) is 43.2 Å². The summed E-state index contributed by atoms with van der Waals surface area (Å²) in [6, 6.07) is 0. The summed E-state index contributed by atoms with van der Waals surface area (Å²) in [5, 5.41) is 10.6. The Kier molecular flexibility index (Phi) is 65.0. The van der Waals surface area contributed by atoms with Crippen LogP contribution in [0.5, 0.6) is 0 Å². The minimum Gasteiger partial charge on any atom is -0.462 e. The van der Waals surface area contributed by atoms with Crippen LogP contribution in [-0.2, 0) is 65.4 Å². The first-order valence-corrected chi connectivity index (χ1v) is 42.7. The van der Waals surface area contributed by atoms with Crippen LogP contribution in [0, 0.1) is 23.7 Å². The molecule has 3 unspecified atom stereocenters. The van der Waals surface area contributed by atoms with Gasteiger partial charge in [-0.2, -0.15) is 0 Å². The van der Waals surface area contributed by atoms with Gasteiger partial charge in [-0.25, -0.2) is 9.13 Å². The Morgan fingerprint density at radius 3 is 0.646 bits per heavy atom. The van der Waals surface area contributed by atoms with Crippen molar-refractivity contribution in [2.45, 2.75) is 408 Å². The molecule has 0 rings (SSSR count). The number of hydrogen-bond donors (Lipinski definition) is 3. The predicted molar refractivity (Wildman–Crippen MR) is 391 cm³/mol. The molecule has 3 N–H and O–H groups in total. The van der Waals surface area contributed by atoms with E-state index in [0.29, 0.717) is 31.6 Å². The van der Waals surface area contributed by atoms with Gasteiger partial charge >= 0.3 is 39.5 Å². The molecule has 0 heterocycles. The quantitative estimate of drug-likeness (QED) is 0.0222. The van der Waals surface area contributed by atoms with E-state index in [4.69, 9.17) is 37.0 Å². The maximum absolute atomic E-state index is 13.1. The van der Waals surface area contributed by atoms with Crippen LogP contribution in [0.2, 0.25) is 0 Å². The molecule has 0 aromatic heterocycles.